The number of halogens is 4. The summed E-state index contributed by atoms with van der Waals surface area (Å²) >= 11 is 7.37. The van der Waals surface area contributed by atoms with Crippen LogP contribution in [0.3, 0.4) is 0 Å². The standard InChI is InChI=1S/C14H19ClF3N3OS/c1-12(2,3)21-11(15)8(10(19-21)14(16,17)18)7-23-9-6-13(4,5)22-20-9/h6,20H,7H2,1-5H3. The fraction of sp³-hybridized carbons (Fsp3) is 0.643. The molecule has 0 saturated heterocycles. The molecule has 23 heavy (non-hydrogen) atoms. The Morgan fingerprint density at radius 3 is 2.39 bits per heavy atom. The van der Waals surface area contributed by atoms with Crippen molar-refractivity contribution in [1.82, 2.24) is 15.3 Å². The summed E-state index contributed by atoms with van der Waals surface area (Å²) < 4.78 is 41.0. The molecule has 1 aliphatic rings. The molecule has 2 heterocycles. The Hall–Kier alpha value is -0.860. The minimum absolute atomic E-state index is 0.0103. The topological polar surface area (TPSA) is 39.1 Å². The van der Waals surface area contributed by atoms with E-state index in [-0.39, 0.29) is 16.5 Å². The van der Waals surface area contributed by atoms with Gasteiger partial charge in [-0.05, 0) is 40.7 Å². The Kier molecular flexibility index (Phi) is 4.74. The Bertz CT molecular complexity index is 632. The normalized spacial score (nSPS) is 18.0. The molecule has 1 aromatic rings. The summed E-state index contributed by atoms with van der Waals surface area (Å²) in [6.45, 7) is 8.94. The second-order valence-electron chi connectivity index (χ2n) is 6.80. The highest BCUT2D eigenvalue weighted by molar-refractivity contribution is 8.02. The molecule has 0 aliphatic carbocycles. The van der Waals surface area contributed by atoms with Crippen LogP contribution in [0.1, 0.15) is 45.9 Å². The van der Waals surface area contributed by atoms with Gasteiger partial charge in [0.05, 0.1) is 10.6 Å². The van der Waals surface area contributed by atoms with Crippen molar-refractivity contribution in [2.75, 3.05) is 0 Å². The first-order chi connectivity index (χ1) is 10.3. The van der Waals surface area contributed by atoms with E-state index < -0.39 is 23.0 Å². The van der Waals surface area contributed by atoms with E-state index >= 15 is 0 Å². The van der Waals surface area contributed by atoms with Crippen LogP contribution in [0.5, 0.6) is 0 Å². The fourth-order valence-electron chi connectivity index (χ4n) is 2.01. The van der Waals surface area contributed by atoms with Crippen molar-refractivity contribution in [1.29, 1.82) is 0 Å². The van der Waals surface area contributed by atoms with E-state index in [2.05, 4.69) is 10.6 Å². The van der Waals surface area contributed by atoms with E-state index in [9.17, 15) is 13.2 Å². The molecule has 0 aromatic carbocycles. The van der Waals surface area contributed by atoms with E-state index in [1.807, 2.05) is 19.9 Å². The highest BCUT2D eigenvalue weighted by atomic mass is 35.5. The molecule has 0 unspecified atom stereocenters. The van der Waals surface area contributed by atoms with E-state index in [4.69, 9.17) is 16.4 Å². The van der Waals surface area contributed by atoms with Crippen molar-refractivity contribution in [3.8, 4) is 0 Å². The van der Waals surface area contributed by atoms with Crippen LogP contribution in [-0.4, -0.2) is 15.4 Å². The summed E-state index contributed by atoms with van der Waals surface area (Å²) in [5.74, 6) is 0.0437. The molecular formula is C14H19ClF3N3OS. The lowest BCUT2D eigenvalue weighted by molar-refractivity contribution is -0.142. The number of hydrogen-bond acceptors (Lipinski definition) is 4. The first-order valence-electron chi connectivity index (χ1n) is 6.96. The number of hydroxylamine groups is 1. The van der Waals surface area contributed by atoms with Crippen molar-refractivity contribution in [2.24, 2.45) is 0 Å². The maximum atomic E-state index is 13.3. The average molecular weight is 370 g/mol. The molecule has 1 aliphatic heterocycles. The van der Waals surface area contributed by atoms with Gasteiger partial charge in [-0.3, -0.25) is 10.3 Å². The van der Waals surface area contributed by atoms with Gasteiger partial charge in [0.2, 0.25) is 0 Å². The number of hydrogen-bond donors (Lipinski definition) is 1. The fourth-order valence-corrected chi connectivity index (χ4v) is 3.58. The summed E-state index contributed by atoms with van der Waals surface area (Å²) in [5, 5.41) is 4.37. The number of thioether (sulfide) groups is 1. The van der Waals surface area contributed by atoms with Crippen LogP contribution >= 0.6 is 23.4 Å². The molecular weight excluding hydrogens is 351 g/mol. The molecule has 9 heteroatoms. The highest BCUT2D eigenvalue weighted by Crippen LogP contribution is 2.39. The van der Waals surface area contributed by atoms with Gasteiger partial charge in [-0.25, -0.2) is 4.68 Å². The summed E-state index contributed by atoms with van der Waals surface area (Å²) in [7, 11) is 0. The number of nitrogens with one attached hydrogen (secondary N) is 1. The summed E-state index contributed by atoms with van der Waals surface area (Å²) in [6.07, 6.45) is -2.74. The van der Waals surface area contributed by atoms with E-state index in [1.54, 1.807) is 20.8 Å². The zero-order chi connectivity index (χ0) is 17.6. The molecule has 0 spiro atoms. The predicted molar refractivity (Wildman–Crippen MR) is 84.9 cm³/mol. The van der Waals surface area contributed by atoms with Crippen LogP contribution < -0.4 is 5.48 Å². The minimum Gasteiger partial charge on any atom is -0.265 e. The van der Waals surface area contributed by atoms with Gasteiger partial charge in [0.25, 0.3) is 0 Å². The largest absolute Gasteiger partial charge is 0.435 e. The van der Waals surface area contributed by atoms with Gasteiger partial charge < -0.3 is 0 Å². The van der Waals surface area contributed by atoms with Gasteiger partial charge in [-0.1, -0.05) is 11.6 Å². The lowest BCUT2D eigenvalue weighted by atomic mass is 10.1. The zero-order valence-corrected chi connectivity index (χ0v) is 15.1. The Balaban J connectivity index is 2.32. The molecule has 1 N–H and O–H groups in total. The lowest BCUT2D eigenvalue weighted by Crippen LogP contribution is -2.24. The molecule has 0 amide bonds. The van der Waals surface area contributed by atoms with Crippen LogP contribution in [0, 0.1) is 0 Å². The highest BCUT2D eigenvalue weighted by Gasteiger charge is 2.40. The molecule has 0 atom stereocenters. The van der Waals surface area contributed by atoms with Gasteiger partial charge in [0.15, 0.2) is 5.69 Å². The first kappa shape index (κ1) is 18.5. The first-order valence-corrected chi connectivity index (χ1v) is 8.32. The molecule has 0 bridgehead atoms. The van der Waals surface area contributed by atoms with E-state index in [0.717, 1.165) is 0 Å². The van der Waals surface area contributed by atoms with Crippen molar-refractivity contribution >= 4 is 23.4 Å². The lowest BCUT2D eigenvalue weighted by Gasteiger charge is -2.20. The summed E-state index contributed by atoms with van der Waals surface area (Å²) in [5.41, 5.74) is 0.607. The Morgan fingerprint density at radius 1 is 1.35 bits per heavy atom. The second-order valence-corrected chi connectivity index (χ2v) is 8.18. The third kappa shape index (κ3) is 4.16. The quantitative estimate of drug-likeness (QED) is 0.838. The SMILES string of the molecule is CC1(C)C=C(SCc2c(C(F)(F)F)nn(C(C)(C)C)c2Cl)NO1. The van der Waals surface area contributed by atoms with Crippen molar-refractivity contribution in [3.63, 3.8) is 0 Å². The number of nitrogens with zero attached hydrogens (tertiary/aromatic N) is 2. The molecule has 0 fully saturated rings. The third-order valence-electron chi connectivity index (χ3n) is 3.09. The maximum absolute atomic E-state index is 13.3. The van der Waals surface area contributed by atoms with Crippen molar-refractivity contribution < 1.29 is 18.0 Å². The summed E-state index contributed by atoms with van der Waals surface area (Å²) in [6, 6.07) is 0. The maximum Gasteiger partial charge on any atom is 0.435 e. The monoisotopic (exact) mass is 369 g/mol. The van der Waals surface area contributed by atoms with Gasteiger partial charge in [0.1, 0.15) is 10.8 Å². The Morgan fingerprint density at radius 2 is 1.96 bits per heavy atom. The molecule has 2 rings (SSSR count). The van der Waals surface area contributed by atoms with Crippen LogP contribution in [0.25, 0.3) is 0 Å². The van der Waals surface area contributed by atoms with Crippen LogP contribution in [-0.2, 0) is 22.3 Å². The molecule has 4 nitrogen and oxygen atoms in total. The van der Waals surface area contributed by atoms with Crippen molar-refractivity contribution in [3.05, 3.63) is 27.5 Å². The van der Waals surface area contributed by atoms with Crippen molar-refractivity contribution in [2.45, 2.75) is 57.7 Å². The Labute approximate surface area is 142 Å². The number of rotatable bonds is 3. The van der Waals surface area contributed by atoms with Gasteiger partial charge in [-0.15, -0.1) is 11.8 Å². The molecule has 130 valence electrons. The number of aromatic nitrogens is 2. The van der Waals surface area contributed by atoms with Gasteiger partial charge >= 0.3 is 6.18 Å². The molecule has 0 radical (unpaired) electrons. The van der Waals surface area contributed by atoms with Gasteiger partial charge in [-0.2, -0.15) is 18.3 Å². The molecule has 1 aromatic heterocycles. The van der Waals surface area contributed by atoms with E-state index in [1.165, 1.54) is 16.4 Å². The van der Waals surface area contributed by atoms with Crippen LogP contribution in [0.15, 0.2) is 11.1 Å². The van der Waals surface area contributed by atoms with Crippen LogP contribution in [0.4, 0.5) is 13.2 Å². The minimum atomic E-state index is -4.55. The smallest absolute Gasteiger partial charge is 0.265 e. The van der Waals surface area contributed by atoms with Gasteiger partial charge in [0, 0.05) is 11.3 Å². The average Bonchev–Trinajstić information content (AvgIpc) is 2.85. The third-order valence-corrected chi connectivity index (χ3v) is 4.42. The second kappa shape index (κ2) is 5.89. The zero-order valence-electron chi connectivity index (χ0n) is 13.5. The summed E-state index contributed by atoms with van der Waals surface area (Å²) in [4.78, 5) is 5.29. The molecule has 0 saturated carbocycles. The number of alkyl halides is 3. The predicted octanol–water partition coefficient (Wildman–Crippen LogP) is 4.70. The van der Waals surface area contributed by atoms with E-state index in [0.29, 0.717) is 5.03 Å². The van der Waals surface area contributed by atoms with Crippen LogP contribution in [0.2, 0.25) is 5.15 Å².